The van der Waals surface area contributed by atoms with Gasteiger partial charge in [-0.15, -0.1) is 11.3 Å². The van der Waals surface area contributed by atoms with Crippen LogP contribution in [0.15, 0.2) is 27.1 Å². The summed E-state index contributed by atoms with van der Waals surface area (Å²) in [6.07, 6.45) is 1.05. The van der Waals surface area contributed by atoms with E-state index in [0.717, 1.165) is 9.44 Å². The van der Waals surface area contributed by atoms with Gasteiger partial charge in [-0.05, 0) is 23.3 Å². The summed E-state index contributed by atoms with van der Waals surface area (Å²) < 4.78 is 2.46. The van der Waals surface area contributed by atoms with Gasteiger partial charge in [0.1, 0.15) is 5.65 Å². The monoisotopic (exact) mass is 369 g/mol. The number of thiophene rings is 1. The number of ketones is 1. The van der Waals surface area contributed by atoms with Gasteiger partial charge in [0.05, 0.1) is 11.1 Å². The number of aromatic nitrogens is 3. The number of pyridine rings is 1. The molecule has 0 saturated heterocycles. The Hall–Kier alpha value is -2.54. The van der Waals surface area contributed by atoms with Gasteiger partial charge in [-0.3, -0.25) is 18.7 Å². The summed E-state index contributed by atoms with van der Waals surface area (Å²) in [6, 6.07) is 3.79. The van der Waals surface area contributed by atoms with Crippen LogP contribution in [0, 0.1) is 5.41 Å². The zero-order chi connectivity index (χ0) is 18.8. The molecule has 0 atom stereocenters. The number of hydrogen-bond acceptors (Lipinski definition) is 5. The predicted molar refractivity (Wildman–Crippen MR) is 102 cm³/mol. The first-order chi connectivity index (χ1) is 12.2. The van der Waals surface area contributed by atoms with Gasteiger partial charge in [0, 0.05) is 36.5 Å². The molecule has 4 rings (SSSR count). The smallest absolute Gasteiger partial charge is 0.294 e. The Bertz CT molecular complexity index is 1180. The Kier molecular flexibility index (Phi) is 3.56. The number of carbonyl (C=O) groups is 1. The maximum Gasteiger partial charge on any atom is 0.332 e. The third-order valence-electron chi connectivity index (χ3n) is 4.99. The minimum atomic E-state index is -0.423. The van der Waals surface area contributed by atoms with Crippen LogP contribution in [-0.2, 0) is 20.5 Å². The average Bonchev–Trinajstić information content (AvgIpc) is 3.09. The quantitative estimate of drug-likeness (QED) is 0.661. The second-order valence-electron chi connectivity index (χ2n) is 7.63. The molecule has 0 unspecified atom stereocenters. The third kappa shape index (κ3) is 2.30. The Morgan fingerprint density at radius 2 is 1.81 bits per heavy atom. The van der Waals surface area contributed by atoms with Gasteiger partial charge >= 0.3 is 5.69 Å². The number of carbonyl (C=O) groups excluding carboxylic acids is 1. The number of Topliss-reactive ketones (excluding diaryl/α,β-unsaturated/α-hetero) is 1. The summed E-state index contributed by atoms with van der Waals surface area (Å²) in [7, 11) is 3.06. The molecule has 3 heterocycles. The standard InChI is InChI=1S/C19H19N3O3S/c1-19(2)8-10-13(11(23)9-19)14(12-6-5-7-26-12)15-16(20-10)21(3)18(25)22(4)17(15)24/h5-7H,8-9H2,1-4H3. The molecule has 3 aromatic heterocycles. The fourth-order valence-corrected chi connectivity index (χ4v) is 4.55. The molecule has 0 bridgehead atoms. The summed E-state index contributed by atoms with van der Waals surface area (Å²) in [5.74, 6) is 0.00459. The molecule has 0 aliphatic heterocycles. The van der Waals surface area contributed by atoms with Crippen molar-refractivity contribution in [2.75, 3.05) is 0 Å². The van der Waals surface area contributed by atoms with E-state index in [-0.39, 0.29) is 11.2 Å². The second-order valence-corrected chi connectivity index (χ2v) is 8.58. The zero-order valence-electron chi connectivity index (χ0n) is 15.1. The van der Waals surface area contributed by atoms with E-state index < -0.39 is 11.2 Å². The first-order valence-corrected chi connectivity index (χ1v) is 9.29. The third-order valence-corrected chi connectivity index (χ3v) is 5.88. The van der Waals surface area contributed by atoms with Crippen LogP contribution < -0.4 is 11.2 Å². The van der Waals surface area contributed by atoms with E-state index in [9.17, 15) is 14.4 Å². The van der Waals surface area contributed by atoms with Crippen LogP contribution in [0.3, 0.4) is 0 Å². The molecule has 0 aromatic carbocycles. The molecule has 7 heteroatoms. The van der Waals surface area contributed by atoms with Crippen LogP contribution >= 0.6 is 11.3 Å². The van der Waals surface area contributed by atoms with E-state index in [1.54, 1.807) is 7.05 Å². The Labute approximate surface area is 153 Å². The highest BCUT2D eigenvalue weighted by molar-refractivity contribution is 7.13. The highest BCUT2D eigenvalue weighted by atomic mass is 32.1. The number of hydrogen-bond donors (Lipinski definition) is 0. The van der Waals surface area contributed by atoms with Crippen LogP contribution in [0.5, 0.6) is 0 Å². The fraction of sp³-hybridized carbons (Fsp3) is 0.368. The van der Waals surface area contributed by atoms with Crippen molar-refractivity contribution in [2.45, 2.75) is 26.7 Å². The predicted octanol–water partition coefficient (Wildman–Crippen LogP) is 2.52. The lowest BCUT2D eigenvalue weighted by Gasteiger charge is -2.31. The minimum absolute atomic E-state index is 0.00459. The molecular formula is C19H19N3O3S. The van der Waals surface area contributed by atoms with Crippen molar-refractivity contribution in [1.82, 2.24) is 14.1 Å². The first kappa shape index (κ1) is 16.9. The molecule has 3 aromatic rings. The molecule has 0 spiro atoms. The first-order valence-electron chi connectivity index (χ1n) is 8.41. The largest absolute Gasteiger partial charge is 0.332 e. The number of rotatable bonds is 1. The summed E-state index contributed by atoms with van der Waals surface area (Å²) in [4.78, 5) is 43.8. The van der Waals surface area contributed by atoms with Gasteiger partial charge in [0.25, 0.3) is 5.56 Å². The average molecular weight is 369 g/mol. The molecule has 0 amide bonds. The molecule has 0 saturated carbocycles. The van der Waals surface area contributed by atoms with E-state index >= 15 is 0 Å². The number of fused-ring (bicyclic) bond motifs is 2. The molecule has 1 aliphatic carbocycles. The van der Waals surface area contributed by atoms with Gasteiger partial charge in [0.2, 0.25) is 0 Å². The van der Waals surface area contributed by atoms with Crippen molar-refractivity contribution in [3.05, 3.63) is 49.6 Å². The molecule has 26 heavy (non-hydrogen) atoms. The Morgan fingerprint density at radius 1 is 1.08 bits per heavy atom. The highest BCUT2D eigenvalue weighted by Gasteiger charge is 2.36. The van der Waals surface area contributed by atoms with E-state index in [1.165, 1.54) is 23.0 Å². The van der Waals surface area contributed by atoms with Crippen LogP contribution in [-0.4, -0.2) is 19.9 Å². The summed E-state index contributed by atoms with van der Waals surface area (Å²) in [5, 5.41) is 2.25. The second kappa shape index (κ2) is 5.48. The summed E-state index contributed by atoms with van der Waals surface area (Å²) in [6.45, 7) is 4.07. The van der Waals surface area contributed by atoms with Crippen LogP contribution in [0.4, 0.5) is 0 Å². The summed E-state index contributed by atoms with van der Waals surface area (Å²) >= 11 is 1.47. The van der Waals surface area contributed by atoms with Gasteiger partial charge in [0.15, 0.2) is 5.78 Å². The Balaban J connectivity index is 2.28. The number of aryl methyl sites for hydroxylation is 1. The maximum atomic E-state index is 13.0. The molecule has 0 radical (unpaired) electrons. The van der Waals surface area contributed by atoms with Crippen molar-refractivity contribution in [3.8, 4) is 10.4 Å². The van der Waals surface area contributed by atoms with Crippen LogP contribution in [0.25, 0.3) is 21.5 Å². The maximum absolute atomic E-state index is 13.0. The lowest BCUT2D eigenvalue weighted by Crippen LogP contribution is -2.38. The zero-order valence-corrected chi connectivity index (χ0v) is 15.9. The lowest BCUT2D eigenvalue weighted by atomic mass is 9.74. The van der Waals surface area contributed by atoms with Crippen molar-refractivity contribution in [3.63, 3.8) is 0 Å². The molecule has 134 valence electrons. The molecular weight excluding hydrogens is 350 g/mol. The van der Waals surface area contributed by atoms with E-state index in [2.05, 4.69) is 4.98 Å². The Morgan fingerprint density at radius 3 is 2.46 bits per heavy atom. The lowest BCUT2D eigenvalue weighted by molar-refractivity contribution is 0.0911. The van der Waals surface area contributed by atoms with E-state index in [4.69, 9.17) is 0 Å². The van der Waals surface area contributed by atoms with Crippen molar-refractivity contribution >= 4 is 28.2 Å². The molecule has 1 aliphatic rings. The minimum Gasteiger partial charge on any atom is -0.294 e. The van der Waals surface area contributed by atoms with Crippen LogP contribution in [0.2, 0.25) is 0 Å². The van der Waals surface area contributed by atoms with Crippen molar-refractivity contribution < 1.29 is 4.79 Å². The normalized spacial score (nSPS) is 16.1. The molecule has 0 fully saturated rings. The van der Waals surface area contributed by atoms with E-state index in [1.807, 2.05) is 31.4 Å². The van der Waals surface area contributed by atoms with Crippen LogP contribution in [0.1, 0.15) is 36.3 Å². The van der Waals surface area contributed by atoms with Crippen molar-refractivity contribution in [1.29, 1.82) is 0 Å². The molecule has 6 nitrogen and oxygen atoms in total. The fourth-order valence-electron chi connectivity index (χ4n) is 3.77. The van der Waals surface area contributed by atoms with Gasteiger partial charge in [-0.2, -0.15) is 0 Å². The molecule has 0 N–H and O–H groups in total. The van der Waals surface area contributed by atoms with E-state index in [0.29, 0.717) is 40.7 Å². The summed E-state index contributed by atoms with van der Waals surface area (Å²) in [5.41, 5.74) is 1.13. The van der Waals surface area contributed by atoms with Gasteiger partial charge < -0.3 is 0 Å². The number of nitrogens with zero attached hydrogens (tertiary/aromatic N) is 3. The van der Waals surface area contributed by atoms with Gasteiger partial charge in [-0.25, -0.2) is 9.78 Å². The van der Waals surface area contributed by atoms with Crippen molar-refractivity contribution in [2.24, 2.45) is 19.5 Å². The SMILES string of the molecule is Cn1c(=O)c2c(-c3cccs3)c3c(nc2n(C)c1=O)CC(C)(C)CC3=O. The highest BCUT2D eigenvalue weighted by Crippen LogP contribution is 2.41. The topological polar surface area (TPSA) is 74.0 Å². The van der Waals surface area contributed by atoms with Gasteiger partial charge in [-0.1, -0.05) is 19.9 Å².